The van der Waals surface area contributed by atoms with Gasteiger partial charge in [-0.25, -0.2) is 0 Å². The predicted octanol–water partition coefficient (Wildman–Crippen LogP) is 4.10. The lowest BCUT2D eigenvalue weighted by atomic mass is 10.1. The van der Waals surface area contributed by atoms with E-state index in [1.165, 1.54) is 17.1 Å². The molecular formula is C18H19NO2S2. The van der Waals surface area contributed by atoms with Crippen LogP contribution in [-0.2, 0) is 6.54 Å². The van der Waals surface area contributed by atoms with Crippen LogP contribution >= 0.6 is 23.5 Å². The van der Waals surface area contributed by atoms with Crippen LogP contribution in [0.2, 0.25) is 0 Å². The van der Waals surface area contributed by atoms with Gasteiger partial charge in [-0.05, 0) is 23.8 Å². The van der Waals surface area contributed by atoms with Crippen LogP contribution in [0.15, 0.2) is 48.5 Å². The van der Waals surface area contributed by atoms with Crippen molar-refractivity contribution in [2.75, 3.05) is 18.6 Å². The van der Waals surface area contributed by atoms with E-state index in [2.05, 4.69) is 17.4 Å². The standard InChI is InChI=1S/C18H19NO2S2/c1-21-16-5-3-2-4-15(16)12-19-17(20)13-6-8-14(9-7-13)18-22-10-11-23-18/h2-9,18H,10-12H2,1H3,(H,19,20). The van der Waals surface area contributed by atoms with Gasteiger partial charge in [-0.3, -0.25) is 4.79 Å². The van der Waals surface area contributed by atoms with Crippen LogP contribution in [0, 0.1) is 0 Å². The molecule has 1 saturated heterocycles. The molecule has 0 saturated carbocycles. The number of hydrogen-bond acceptors (Lipinski definition) is 4. The van der Waals surface area contributed by atoms with Gasteiger partial charge >= 0.3 is 0 Å². The molecule has 0 unspecified atom stereocenters. The smallest absolute Gasteiger partial charge is 0.251 e. The minimum Gasteiger partial charge on any atom is -0.496 e. The Kier molecular flexibility index (Phi) is 5.51. The second-order valence-electron chi connectivity index (χ2n) is 5.19. The highest BCUT2D eigenvalue weighted by Crippen LogP contribution is 2.45. The molecule has 0 atom stereocenters. The van der Waals surface area contributed by atoms with Crippen molar-refractivity contribution in [2.24, 2.45) is 0 Å². The molecule has 23 heavy (non-hydrogen) atoms. The molecule has 0 radical (unpaired) electrons. The Hall–Kier alpha value is -1.59. The van der Waals surface area contributed by atoms with E-state index < -0.39 is 0 Å². The Morgan fingerprint density at radius 2 is 1.83 bits per heavy atom. The fourth-order valence-electron chi connectivity index (χ4n) is 2.47. The predicted molar refractivity (Wildman–Crippen MR) is 98.3 cm³/mol. The first kappa shape index (κ1) is 16.3. The highest BCUT2D eigenvalue weighted by atomic mass is 32.2. The van der Waals surface area contributed by atoms with Gasteiger partial charge in [-0.1, -0.05) is 30.3 Å². The fourth-order valence-corrected chi connectivity index (χ4v) is 5.33. The first-order valence-electron chi connectivity index (χ1n) is 7.51. The third-order valence-corrected chi connectivity index (χ3v) is 6.80. The third kappa shape index (κ3) is 4.03. The number of nitrogens with one attached hydrogen (secondary N) is 1. The molecule has 3 nitrogen and oxygen atoms in total. The molecule has 2 aromatic carbocycles. The summed E-state index contributed by atoms with van der Waals surface area (Å²) in [5.74, 6) is 3.14. The maximum Gasteiger partial charge on any atom is 0.251 e. The summed E-state index contributed by atoms with van der Waals surface area (Å²) < 4.78 is 5.81. The molecule has 2 aromatic rings. The molecular weight excluding hydrogens is 326 g/mol. The molecule has 0 aliphatic carbocycles. The summed E-state index contributed by atoms with van der Waals surface area (Å²) in [6.07, 6.45) is 0. The number of hydrogen-bond donors (Lipinski definition) is 1. The second-order valence-corrected chi connectivity index (χ2v) is 7.91. The lowest BCUT2D eigenvalue weighted by molar-refractivity contribution is 0.0950. The zero-order valence-electron chi connectivity index (χ0n) is 13.0. The zero-order chi connectivity index (χ0) is 16.1. The Morgan fingerprint density at radius 3 is 2.52 bits per heavy atom. The third-order valence-electron chi connectivity index (χ3n) is 3.70. The fraction of sp³-hybridized carbons (Fsp3) is 0.278. The van der Waals surface area contributed by atoms with E-state index in [0.29, 0.717) is 16.7 Å². The second kappa shape index (κ2) is 7.79. The van der Waals surface area contributed by atoms with Gasteiger partial charge in [0.05, 0.1) is 11.7 Å². The van der Waals surface area contributed by atoms with Gasteiger partial charge in [0.25, 0.3) is 5.91 Å². The summed E-state index contributed by atoms with van der Waals surface area (Å²) >= 11 is 3.94. The Bertz CT molecular complexity index is 667. The van der Waals surface area contributed by atoms with Crippen LogP contribution in [0.3, 0.4) is 0 Å². The molecule has 1 aliphatic rings. The summed E-state index contributed by atoms with van der Waals surface area (Å²) in [5, 5.41) is 2.95. The SMILES string of the molecule is COc1ccccc1CNC(=O)c1ccc(C2SCCS2)cc1. The number of para-hydroxylation sites is 1. The van der Waals surface area contributed by atoms with Crippen LogP contribution in [0.25, 0.3) is 0 Å². The van der Waals surface area contributed by atoms with E-state index in [4.69, 9.17) is 4.74 Å². The maximum absolute atomic E-state index is 12.3. The van der Waals surface area contributed by atoms with Gasteiger partial charge in [-0.15, -0.1) is 23.5 Å². The van der Waals surface area contributed by atoms with E-state index in [1.807, 2.05) is 59.9 Å². The zero-order valence-corrected chi connectivity index (χ0v) is 14.6. The number of carbonyl (C=O) groups excluding carboxylic acids is 1. The summed E-state index contributed by atoms with van der Waals surface area (Å²) in [6, 6.07) is 15.7. The quantitative estimate of drug-likeness (QED) is 0.885. The topological polar surface area (TPSA) is 38.3 Å². The maximum atomic E-state index is 12.3. The van der Waals surface area contributed by atoms with Gasteiger partial charge in [0, 0.05) is 29.2 Å². The summed E-state index contributed by atoms with van der Waals surface area (Å²) in [7, 11) is 1.64. The van der Waals surface area contributed by atoms with Crippen molar-refractivity contribution in [2.45, 2.75) is 11.1 Å². The van der Waals surface area contributed by atoms with Crippen molar-refractivity contribution < 1.29 is 9.53 Å². The number of ether oxygens (including phenoxy) is 1. The van der Waals surface area contributed by atoms with Crippen LogP contribution < -0.4 is 10.1 Å². The Labute approximate surface area is 145 Å². The Balaban J connectivity index is 1.61. The number of methoxy groups -OCH3 is 1. The normalized spacial score (nSPS) is 14.7. The molecule has 0 spiro atoms. The number of carbonyl (C=O) groups is 1. The highest BCUT2D eigenvalue weighted by molar-refractivity contribution is 8.19. The van der Waals surface area contributed by atoms with E-state index in [0.717, 1.165) is 11.3 Å². The molecule has 120 valence electrons. The van der Waals surface area contributed by atoms with Crippen molar-refractivity contribution in [1.29, 1.82) is 0 Å². The lowest BCUT2D eigenvalue weighted by Gasteiger charge is -2.11. The van der Waals surface area contributed by atoms with Crippen molar-refractivity contribution in [1.82, 2.24) is 5.32 Å². The Morgan fingerprint density at radius 1 is 1.13 bits per heavy atom. The first-order valence-corrected chi connectivity index (χ1v) is 9.61. The molecule has 1 aliphatic heterocycles. The van der Waals surface area contributed by atoms with Crippen LogP contribution in [0.5, 0.6) is 5.75 Å². The number of benzene rings is 2. The minimum absolute atomic E-state index is 0.0609. The van der Waals surface area contributed by atoms with Crippen molar-refractivity contribution in [3.05, 3.63) is 65.2 Å². The van der Waals surface area contributed by atoms with Crippen molar-refractivity contribution in [3.63, 3.8) is 0 Å². The van der Waals surface area contributed by atoms with Crippen molar-refractivity contribution in [3.8, 4) is 5.75 Å². The number of thioether (sulfide) groups is 2. The number of amides is 1. The molecule has 0 bridgehead atoms. The average Bonchev–Trinajstić information content (AvgIpc) is 3.14. The lowest BCUT2D eigenvalue weighted by Crippen LogP contribution is -2.23. The summed E-state index contributed by atoms with van der Waals surface area (Å²) in [5.41, 5.74) is 2.95. The molecule has 1 fully saturated rings. The van der Waals surface area contributed by atoms with Crippen LogP contribution in [0.4, 0.5) is 0 Å². The van der Waals surface area contributed by atoms with Crippen molar-refractivity contribution >= 4 is 29.4 Å². The van der Waals surface area contributed by atoms with Gasteiger partial charge in [0.2, 0.25) is 0 Å². The summed E-state index contributed by atoms with van der Waals surface area (Å²) in [4.78, 5) is 12.3. The molecule has 1 amide bonds. The molecule has 3 rings (SSSR count). The van der Waals surface area contributed by atoms with Gasteiger partial charge < -0.3 is 10.1 Å². The molecule has 1 heterocycles. The molecule has 5 heteroatoms. The van der Waals surface area contributed by atoms with Gasteiger partial charge in [0.1, 0.15) is 5.75 Å². The van der Waals surface area contributed by atoms with E-state index in [-0.39, 0.29) is 5.91 Å². The first-order chi connectivity index (χ1) is 11.3. The van der Waals surface area contributed by atoms with Crippen LogP contribution in [0.1, 0.15) is 26.1 Å². The van der Waals surface area contributed by atoms with Crippen LogP contribution in [-0.4, -0.2) is 24.5 Å². The largest absolute Gasteiger partial charge is 0.496 e. The van der Waals surface area contributed by atoms with Gasteiger partial charge in [-0.2, -0.15) is 0 Å². The van der Waals surface area contributed by atoms with E-state index in [1.54, 1.807) is 7.11 Å². The molecule has 0 aromatic heterocycles. The van der Waals surface area contributed by atoms with E-state index >= 15 is 0 Å². The molecule has 1 N–H and O–H groups in total. The summed E-state index contributed by atoms with van der Waals surface area (Å²) in [6.45, 7) is 0.457. The van der Waals surface area contributed by atoms with E-state index in [9.17, 15) is 4.79 Å². The monoisotopic (exact) mass is 345 g/mol. The minimum atomic E-state index is -0.0609. The van der Waals surface area contributed by atoms with Gasteiger partial charge in [0.15, 0.2) is 0 Å². The highest BCUT2D eigenvalue weighted by Gasteiger charge is 2.18. The number of rotatable bonds is 5. The average molecular weight is 345 g/mol.